The van der Waals surface area contributed by atoms with Gasteiger partial charge >= 0.3 is 0 Å². The van der Waals surface area contributed by atoms with Crippen molar-refractivity contribution in [3.8, 4) is 23.6 Å². The summed E-state index contributed by atoms with van der Waals surface area (Å²) in [6.45, 7) is 14.7. The number of ether oxygens (including phenoxy) is 4. The predicted octanol–water partition coefficient (Wildman–Crippen LogP) is 4.69. The Morgan fingerprint density at radius 1 is 0.654 bits per heavy atom. The first kappa shape index (κ1) is 41.4. The Labute approximate surface area is 304 Å². The van der Waals surface area contributed by atoms with Crippen LogP contribution in [0.3, 0.4) is 0 Å². The van der Waals surface area contributed by atoms with Crippen molar-refractivity contribution in [2.45, 2.75) is 36.2 Å². The summed E-state index contributed by atoms with van der Waals surface area (Å²) in [7, 11) is -8.20. The van der Waals surface area contributed by atoms with Crippen LogP contribution in [0.4, 0.5) is 0 Å². The fourth-order valence-corrected chi connectivity index (χ4v) is 6.62. The summed E-state index contributed by atoms with van der Waals surface area (Å²) < 4.78 is 86.0. The van der Waals surface area contributed by atoms with Crippen LogP contribution in [0.15, 0.2) is 72.8 Å². The third-order valence-electron chi connectivity index (χ3n) is 7.65. The molecular formula is C36H38N4O10S2. The monoisotopic (exact) mass is 750 g/mol. The van der Waals surface area contributed by atoms with E-state index in [9.17, 15) is 37.2 Å². The highest BCUT2D eigenvalue weighted by Gasteiger charge is 2.27. The van der Waals surface area contributed by atoms with Gasteiger partial charge in [-0.15, -0.1) is 0 Å². The van der Waals surface area contributed by atoms with Gasteiger partial charge in [-0.2, -0.15) is 8.42 Å². The van der Waals surface area contributed by atoms with Crippen LogP contribution in [0.5, 0.6) is 11.5 Å². The van der Waals surface area contributed by atoms with Gasteiger partial charge in [0.2, 0.25) is 0 Å². The molecule has 2 unspecified atom stereocenters. The summed E-state index contributed by atoms with van der Waals surface area (Å²) in [6, 6.07) is 24.1. The van der Waals surface area contributed by atoms with E-state index in [1.807, 2.05) is 6.07 Å². The molecule has 0 bridgehead atoms. The van der Waals surface area contributed by atoms with E-state index in [1.165, 1.54) is 12.1 Å². The molecule has 0 radical (unpaired) electrons. The standard InChI is InChI=1S/C36H38N4O10S2/c1-39-33(25-37)31-23-36(50-20-18-48-16-14-30(52(44,45)46)22-28-11-7-4-8-12-28)32(34(26-38)40-2)24-35(31)49-19-17-47-15-13-29(51(41,42)43)21-27-9-5-3-6-10-27/h3-12,23-24,29-30,41-43H,13-22H2,(H,44,45,46). The minimum atomic E-state index is -4.35. The van der Waals surface area contributed by atoms with E-state index in [-0.39, 0.29) is 98.7 Å². The summed E-state index contributed by atoms with van der Waals surface area (Å²) in [5.74, 6) is 0.00537. The lowest BCUT2D eigenvalue weighted by atomic mass is 10.1. The van der Waals surface area contributed by atoms with Crippen LogP contribution >= 0.6 is 10.9 Å². The lowest BCUT2D eigenvalue weighted by Crippen LogP contribution is -2.25. The van der Waals surface area contributed by atoms with Crippen molar-refractivity contribution < 1.29 is 45.6 Å². The van der Waals surface area contributed by atoms with Gasteiger partial charge in [-0.3, -0.25) is 4.55 Å². The zero-order valence-electron chi connectivity index (χ0n) is 28.0. The maximum absolute atomic E-state index is 11.9. The number of hydrogen-bond acceptors (Lipinski definition) is 11. The number of rotatable bonds is 20. The number of nitriles is 2. The SMILES string of the molecule is [C-]#[N+]C(C#N)=c1cc(OCCOCCC(Cc2ccccc2)S(=O)(=O)O)c(=C(C#N)[N+]#[C-])cc1OCCOCCC(Cc1ccccc1)S(O)(O)O. The predicted molar refractivity (Wildman–Crippen MR) is 194 cm³/mol. The molecule has 3 rings (SSSR count). The van der Waals surface area contributed by atoms with Gasteiger partial charge in [0.15, 0.2) is 0 Å². The number of hydrogen-bond donors (Lipinski definition) is 4. The average Bonchev–Trinajstić information content (AvgIpc) is 3.12. The van der Waals surface area contributed by atoms with Gasteiger partial charge in [0.05, 0.1) is 59.9 Å². The van der Waals surface area contributed by atoms with Crippen molar-refractivity contribution in [2.75, 3.05) is 39.6 Å². The fourth-order valence-electron chi connectivity index (χ4n) is 5.00. The van der Waals surface area contributed by atoms with Gasteiger partial charge < -0.3 is 32.6 Å². The normalized spacial score (nSPS) is 14.0. The second-order valence-electron chi connectivity index (χ2n) is 11.2. The zero-order chi connectivity index (χ0) is 38.0. The van der Waals surface area contributed by atoms with Crippen LogP contribution in [0.25, 0.3) is 21.1 Å². The molecule has 16 heteroatoms. The molecule has 0 aliphatic rings. The van der Waals surface area contributed by atoms with Crippen molar-refractivity contribution in [3.05, 3.63) is 117 Å². The van der Waals surface area contributed by atoms with Crippen molar-refractivity contribution >= 4 is 32.4 Å². The lowest BCUT2D eigenvalue weighted by Gasteiger charge is -2.30. The third kappa shape index (κ3) is 13.3. The fraction of sp³-hybridized carbons (Fsp3) is 0.333. The van der Waals surface area contributed by atoms with E-state index >= 15 is 0 Å². The molecule has 0 aliphatic carbocycles. The van der Waals surface area contributed by atoms with E-state index in [0.29, 0.717) is 0 Å². The first-order valence-electron chi connectivity index (χ1n) is 15.8. The van der Waals surface area contributed by atoms with Gasteiger partial charge in [0.1, 0.15) is 24.7 Å². The largest absolute Gasteiger partial charge is 0.492 e. The molecule has 0 heterocycles. The molecule has 274 valence electrons. The van der Waals surface area contributed by atoms with Crippen molar-refractivity contribution in [1.82, 2.24) is 0 Å². The summed E-state index contributed by atoms with van der Waals surface area (Å²) in [6.07, 6.45) is 0.456. The van der Waals surface area contributed by atoms with Crippen LogP contribution in [0.2, 0.25) is 0 Å². The second kappa shape index (κ2) is 20.8. The van der Waals surface area contributed by atoms with Gasteiger partial charge in [0, 0.05) is 23.7 Å². The van der Waals surface area contributed by atoms with Gasteiger partial charge in [-0.25, -0.2) is 20.2 Å². The van der Waals surface area contributed by atoms with E-state index in [0.717, 1.165) is 11.1 Å². The lowest BCUT2D eigenvalue weighted by molar-refractivity contribution is 0.0954. The maximum Gasteiger partial charge on any atom is 0.272 e. The molecule has 0 fully saturated rings. The quantitative estimate of drug-likeness (QED) is 0.0705. The Balaban J connectivity index is 1.66. The number of benzene rings is 3. The molecule has 2 atom stereocenters. The van der Waals surface area contributed by atoms with Crippen LogP contribution < -0.4 is 19.9 Å². The highest BCUT2D eigenvalue weighted by atomic mass is 32.3. The Hall–Kier alpha value is -4.98. The zero-order valence-corrected chi connectivity index (χ0v) is 29.6. The molecule has 0 spiro atoms. The third-order valence-corrected chi connectivity index (χ3v) is 10.2. The summed E-state index contributed by atoms with van der Waals surface area (Å²) in [5, 5.41) is 17.4. The van der Waals surface area contributed by atoms with Crippen LogP contribution in [0, 0.1) is 35.8 Å². The van der Waals surface area contributed by atoms with E-state index < -0.39 is 31.5 Å². The molecule has 0 amide bonds. The molecule has 52 heavy (non-hydrogen) atoms. The summed E-state index contributed by atoms with van der Waals surface area (Å²) in [4.78, 5) is 6.52. The van der Waals surface area contributed by atoms with Crippen molar-refractivity contribution in [2.24, 2.45) is 0 Å². The molecule has 3 aromatic rings. The first-order valence-corrected chi connectivity index (χ1v) is 18.9. The molecule has 0 aromatic heterocycles. The topological polar surface area (TPSA) is 208 Å². The minimum Gasteiger partial charge on any atom is -0.492 e. The van der Waals surface area contributed by atoms with Gasteiger partial charge in [-0.05, 0) is 48.9 Å². The molecule has 0 aliphatic heterocycles. The van der Waals surface area contributed by atoms with Gasteiger partial charge in [-0.1, -0.05) is 60.7 Å². The highest BCUT2D eigenvalue weighted by molar-refractivity contribution is 8.19. The Morgan fingerprint density at radius 2 is 1.06 bits per heavy atom. The van der Waals surface area contributed by atoms with E-state index in [2.05, 4.69) is 9.69 Å². The van der Waals surface area contributed by atoms with E-state index in [4.69, 9.17) is 32.1 Å². The molecule has 14 nitrogen and oxygen atoms in total. The number of nitrogens with zero attached hydrogens (tertiary/aromatic N) is 4. The van der Waals surface area contributed by atoms with Crippen LogP contribution in [-0.4, -0.2) is 76.8 Å². The molecular weight excluding hydrogens is 713 g/mol. The van der Waals surface area contributed by atoms with E-state index in [1.54, 1.807) is 66.7 Å². The first-order chi connectivity index (χ1) is 24.9. The molecule has 0 saturated carbocycles. The van der Waals surface area contributed by atoms with Gasteiger partial charge in [0.25, 0.3) is 21.5 Å². The maximum atomic E-state index is 11.9. The smallest absolute Gasteiger partial charge is 0.272 e. The van der Waals surface area contributed by atoms with Crippen LogP contribution in [0.1, 0.15) is 24.0 Å². The molecule has 4 N–H and O–H groups in total. The molecule has 3 aromatic carbocycles. The Morgan fingerprint density at radius 3 is 1.42 bits per heavy atom. The van der Waals surface area contributed by atoms with Crippen molar-refractivity contribution in [1.29, 1.82) is 10.5 Å². The van der Waals surface area contributed by atoms with Crippen molar-refractivity contribution in [3.63, 3.8) is 0 Å². The summed E-state index contributed by atoms with van der Waals surface area (Å²) >= 11 is 0. The summed E-state index contributed by atoms with van der Waals surface area (Å²) in [5.41, 5.74) is 0.848. The highest BCUT2D eigenvalue weighted by Crippen LogP contribution is 2.42. The Bertz CT molecular complexity index is 2000. The molecule has 0 saturated heterocycles. The average molecular weight is 751 g/mol. The second-order valence-corrected chi connectivity index (χ2v) is 14.7. The van der Waals surface area contributed by atoms with Crippen LogP contribution in [-0.2, 0) is 32.4 Å². The Kier molecular flexibility index (Phi) is 16.5. The minimum absolute atomic E-state index is 0.00140.